The summed E-state index contributed by atoms with van der Waals surface area (Å²) >= 11 is 0. The molecule has 0 aromatic heterocycles. The molecular weight excluding hydrogens is 246 g/mol. The largest absolute Gasteiger partial charge is 0.323 e. The van der Waals surface area contributed by atoms with E-state index in [1.807, 2.05) is 0 Å². The summed E-state index contributed by atoms with van der Waals surface area (Å²) in [6.45, 7) is 4.91. The van der Waals surface area contributed by atoms with Gasteiger partial charge in [-0.25, -0.2) is 8.78 Å². The van der Waals surface area contributed by atoms with Crippen LogP contribution in [0.3, 0.4) is 0 Å². The Kier molecular flexibility index (Phi) is 4.53. The number of likely N-dealkylation sites (tertiary alicyclic amines) is 1. The van der Waals surface area contributed by atoms with Crippen LogP contribution in [0, 0.1) is 11.6 Å². The van der Waals surface area contributed by atoms with E-state index in [1.54, 1.807) is 6.07 Å². The molecule has 4 heteroatoms. The third-order valence-corrected chi connectivity index (χ3v) is 4.16. The van der Waals surface area contributed by atoms with Gasteiger partial charge in [0, 0.05) is 30.2 Å². The Morgan fingerprint density at radius 3 is 2.53 bits per heavy atom. The number of rotatable bonds is 3. The summed E-state index contributed by atoms with van der Waals surface area (Å²) in [5, 5.41) is 0. The summed E-state index contributed by atoms with van der Waals surface area (Å²) in [5.41, 5.74) is 6.34. The maximum Gasteiger partial charge on any atom is 0.163 e. The highest BCUT2D eigenvalue weighted by Crippen LogP contribution is 2.26. The molecule has 1 aromatic carbocycles. The quantitative estimate of drug-likeness (QED) is 0.912. The van der Waals surface area contributed by atoms with E-state index in [-0.39, 0.29) is 5.56 Å². The summed E-state index contributed by atoms with van der Waals surface area (Å²) in [6.07, 6.45) is 3.51. The highest BCUT2D eigenvalue weighted by molar-refractivity contribution is 5.22. The molecule has 0 bridgehead atoms. The Hall–Kier alpha value is -1.00. The lowest BCUT2D eigenvalue weighted by molar-refractivity contribution is 0.0956. The fourth-order valence-corrected chi connectivity index (χ4v) is 2.97. The van der Waals surface area contributed by atoms with Gasteiger partial charge in [-0.15, -0.1) is 0 Å². The van der Waals surface area contributed by atoms with Crippen molar-refractivity contribution in [3.05, 3.63) is 35.4 Å². The van der Waals surface area contributed by atoms with Crippen LogP contribution in [0.2, 0.25) is 0 Å². The van der Waals surface area contributed by atoms with E-state index >= 15 is 0 Å². The van der Waals surface area contributed by atoms with Crippen molar-refractivity contribution < 1.29 is 8.78 Å². The Morgan fingerprint density at radius 1 is 1.26 bits per heavy atom. The molecule has 106 valence electrons. The van der Waals surface area contributed by atoms with E-state index in [4.69, 9.17) is 5.73 Å². The Bertz CT molecular complexity index is 426. The second-order valence-corrected chi connectivity index (χ2v) is 5.58. The highest BCUT2D eigenvalue weighted by atomic mass is 19.2. The first-order valence-corrected chi connectivity index (χ1v) is 6.96. The third-order valence-electron chi connectivity index (χ3n) is 4.16. The monoisotopic (exact) mass is 268 g/mol. The van der Waals surface area contributed by atoms with Crippen molar-refractivity contribution in [2.24, 2.45) is 5.73 Å². The average Bonchev–Trinajstić information content (AvgIpc) is 2.37. The Morgan fingerprint density at radius 2 is 1.89 bits per heavy atom. The molecule has 2 rings (SSSR count). The van der Waals surface area contributed by atoms with Crippen molar-refractivity contribution in [2.45, 2.75) is 51.2 Å². The second kappa shape index (κ2) is 5.97. The van der Waals surface area contributed by atoms with Crippen LogP contribution in [0.4, 0.5) is 8.78 Å². The van der Waals surface area contributed by atoms with Crippen LogP contribution in [0.5, 0.6) is 0 Å². The molecular formula is C15H22F2N2. The molecule has 0 radical (unpaired) electrons. The minimum absolute atomic E-state index is 0.268. The number of nitrogens with two attached hydrogens (primary N) is 1. The van der Waals surface area contributed by atoms with E-state index < -0.39 is 17.7 Å². The van der Waals surface area contributed by atoms with Crippen LogP contribution < -0.4 is 5.73 Å². The lowest BCUT2D eigenvalue weighted by atomic mass is 9.95. The zero-order valence-electron chi connectivity index (χ0n) is 11.6. The molecule has 0 amide bonds. The molecule has 0 aliphatic carbocycles. The molecule has 2 nitrogen and oxygen atoms in total. The molecule has 1 aromatic rings. The first kappa shape index (κ1) is 14.4. The number of benzene rings is 1. The maximum atomic E-state index is 13.7. The SMILES string of the molecule is C[C@@H]1CCC[C@H](C)N1CC(N)c1cccc(F)c1F. The van der Waals surface area contributed by atoms with Gasteiger partial charge in [-0.3, -0.25) is 4.90 Å². The fourth-order valence-electron chi connectivity index (χ4n) is 2.97. The number of halogens is 2. The van der Waals surface area contributed by atoms with E-state index in [2.05, 4.69) is 18.7 Å². The Balaban J connectivity index is 2.11. The van der Waals surface area contributed by atoms with Crippen molar-refractivity contribution in [3.8, 4) is 0 Å². The molecule has 1 saturated heterocycles. The molecule has 2 N–H and O–H groups in total. The van der Waals surface area contributed by atoms with Crippen molar-refractivity contribution in [2.75, 3.05) is 6.54 Å². The molecule has 1 heterocycles. The van der Waals surface area contributed by atoms with Crippen LogP contribution >= 0.6 is 0 Å². The number of nitrogens with zero attached hydrogens (tertiary/aromatic N) is 1. The molecule has 3 atom stereocenters. The molecule has 0 spiro atoms. The van der Waals surface area contributed by atoms with Crippen LogP contribution in [-0.2, 0) is 0 Å². The average molecular weight is 268 g/mol. The summed E-state index contributed by atoms with van der Waals surface area (Å²) in [6, 6.07) is 4.62. The molecule has 19 heavy (non-hydrogen) atoms. The van der Waals surface area contributed by atoms with E-state index in [0.717, 1.165) is 18.9 Å². The van der Waals surface area contributed by atoms with E-state index in [1.165, 1.54) is 12.5 Å². The van der Waals surface area contributed by atoms with Crippen molar-refractivity contribution in [3.63, 3.8) is 0 Å². The van der Waals surface area contributed by atoms with Gasteiger partial charge in [0.15, 0.2) is 11.6 Å². The first-order chi connectivity index (χ1) is 9.00. The number of hydrogen-bond acceptors (Lipinski definition) is 2. The molecule has 1 aliphatic heterocycles. The van der Waals surface area contributed by atoms with Gasteiger partial charge in [-0.1, -0.05) is 18.6 Å². The molecule has 1 aliphatic rings. The van der Waals surface area contributed by atoms with Crippen LogP contribution in [0.15, 0.2) is 18.2 Å². The minimum Gasteiger partial charge on any atom is -0.323 e. The highest BCUT2D eigenvalue weighted by Gasteiger charge is 2.27. The van der Waals surface area contributed by atoms with Crippen molar-refractivity contribution in [1.29, 1.82) is 0 Å². The number of piperidine rings is 1. The summed E-state index contributed by atoms with van der Waals surface area (Å²) in [7, 11) is 0. The topological polar surface area (TPSA) is 29.3 Å². The van der Waals surface area contributed by atoms with Crippen LogP contribution in [0.25, 0.3) is 0 Å². The van der Waals surface area contributed by atoms with Gasteiger partial charge < -0.3 is 5.73 Å². The minimum atomic E-state index is -0.826. The standard InChI is InChI=1S/C15H22F2N2/c1-10-5-3-6-11(2)19(10)9-14(18)12-7-4-8-13(16)15(12)17/h4,7-8,10-11,14H,3,5-6,9,18H2,1-2H3/t10-,11+,14?. The molecule has 1 fully saturated rings. The predicted octanol–water partition coefficient (Wildman–Crippen LogP) is 3.23. The number of hydrogen-bond donors (Lipinski definition) is 1. The van der Waals surface area contributed by atoms with Gasteiger partial charge in [-0.05, 0) is 32.8 Å². The van der Waals surface area contributed by atoms with Gasteiger partial charge >= 0.3 is 0 Å². The zero-order valence-corrected chi connectivity index (χ0v) is 11.6. The van der Waals surface area contributed by atoms with Crippen molar-refractivity contribution >= 4 is 0 Å². The Labute approximate surface area is 113 Å². The van der Waals surface area contributed by atoms with Crippen LogP contribution in [0.1, 0.15) is 44.7 Å². The van der Waals surface area contributed by atoms with Gasteiger partial charge in [0.2, 0.25) is 0 Å². The smallest absolute Gasteiger partial charge is 0.163 e. The normalized spacial score (nSPS) is 26.4. The van der Waals surface area contributed by atoms with E-state index in [0.29, 0.717) is 18.6 Å². The van der Waals surface area contributed by atoms with Gasteiger partial charge in [0.25, 0.3) is 0 Å². The van der Waals surface area contributed by atoms with Crippen molar-refractivity contribution in [1.82, 2.24) is 4.90 Å². The molecule has 1 unspecified atom stereocenters. The zero-order chi connectivity index (χ0) is 14.0. The summed E-state index contributed by atoms with van der Waals surface area (Å²) < 4.78 is 27.0. The fraction of sp³-hybridized carbons (Fsp3) is 0.600. The van der Waals surface area contributed by atoms with Crippen LogP contribution in [-0.4, -0.2) is 23.5 Å². The second-order valence-electron chi connectivity index (χ2n) is 5.58. The van der Waals surface area contributed by atoms with Gasteiger partial charge in [0.05, 0.1) is 0 Å². The lowest BCUT2D eigenvalue weighted by Gasteiger charge is -2.40. The maximum absolute atomic E-state index is 13.7. The van der Waals surface area contributed by atoms with Gasteiger partial charge in [-0.2, -0.15) is 0 Å². The lowest BCUT2D eigenvalue weighted by Crippen LogP contribution is -2.47. The third kappa shape index (κ3) is 3.12. The molecule has 0 saturated carbocycles. The van der Waals surface area contributed by atoms with Gasteiger partial charge in [0.1, 0.15) is 0 Å². The predicted molar refractivity (Wildman–Crippen MR) is 72.8 cm³/mol. The summed E-state index contributed by atoms with van der Waals surface area (Å²) in [5.74, 6) is -1.64. The van der Waals surface area contributed by atoms with E-state index in [9.17, 15) is 8.78 Å². The summed E-state index contributed by atoms with van der Waals surface area (Å²) in [4.78, 5) is 2.30. The first-order valence-electron chi connectivity index (χ1n) is 6.96.